The topological polar surface area (TPSA) is 38.0 Å². The molecule has 0 aromatic rings. The van der Waals surface area contributed by atoms with E-state index < -0.39 is 0 Å². The summed E-state index contributed by atoms with van der Waals surface area (Å²) in [6.07, 6.45) is 14.3. The van der Waals surface area contributed by atoms with Gasteiger partial charge in [-0.2, -0.15) is 0 Å². The SMILES string of the molecule is CCCCC(=C1CCCC1)C(NN)=C1CCCC1. The standard InChI is InChI=1S/C16H28N2/c1-2-3-12-15(13-8-4-5-9-13)16(18-17)14-10-6-7-11-14/h18H,2-12,17H2,1H3. The zero-order valence-corrected chi connectivity index (χ0v) is 11.9. The van der Waals surface area contributed by atoms with Crippen molar-refractivity contribution in [3.63, 3.8) is 0 Å². The highest BCUT2D eigenvalue weighted by Gasteiger charge is 2.19. The molecule has 0 aromatic carbocycles. The van der Waals surface area contributed by atoms with Gasteiger partial charge in [-0.05, 0) is 75.4 Å². The Labute approximate surface area is 112 Å². The average molecular weight is 248 g/mol. The van der Waals surface area contributed by atoms with Crippen LogP contribution in [0.3, 0.4) is 0 Å². The molecule has 0 saturated heterocycles. The molecule has 18 heavy (non-hydrogen) atoms. The molecule has 0 amide bonds. The van der Waals surface area contributed by atoms with Crippen LogP contribution < -0.4 is 11.3 Å². The number of hydrazine groups is 1. The van der Waals surface area contributed by atoms with E-state index in [0.717, 1.165) is 0 Å². The maximum absolute atomic E-state index is 5.85. The second-order valence-electron chi connectivity index (χ2n) is 5.72. The third-order valence-electron chi connectivity index (χ3n) is 4.42. The van der Waals surface area contributed by atoms with E-state index in [1.165, 1.54) is 76.3 Å². The Bertz CT molecular complexity index is 323. The van der Waals surface area contributed by atoms with Gasteiger partial charge in [0.05, 0.1) is 5.70 Å². The molecule has 3 N–H and O–H groups in total. The summed E-state index contributed by atoms with van der Waals surface area (Å²) in [4.78, 5) is 0. The number of unbranched alkanes of at least 4 members (excludes halogenated alkanes) is 1. The fourth-order valence-corrected chi connectivity index (χ4v) is 3.39. The summed E-state index contributed by atoms with van der Waals surface area (Å²) in [7, 11) is 0. The Morgan fingerprint density at radius 3 is 2.06 bits per heavy atom. The van der Waals surface area contributed by atoms with E-state index in [0.29, 0.717) is 0 Å². The quantitative estimate of drug-likeness (QED) is 0.561. The lowest BCUT2D eigenvalue weighted by molar-refractivity contribution is 0.744. The molecule has 2 nitrogen and oxygen atoms in total. The van der Waals surface area contributed by atoms with Crippen LogP contribution in [0, 0.1) is 0 Å². The number of nitrogens with one attached hydrogen (secondary N) is 1. The zero-order valence-electron chi connectivity index (χ0n) is 11.9. The molecular weight excluding hydrogens is 220 g/mol. The molecule has 0 aliphatic heterocycles. The maximum Gasteiger partial charge on any atom is 0.0508 e. The maximum atomic E-state index is 5.85. The molecule has 2 saturated carbocycles. The van der Waals surface area contributed by atoms with Crippen LogP contribution in [0.2, 0.25) is 0 Å². The van der Waals surface area contributed by atoms with Crippen molar-refractivity contribution in [2.24, 2.45) is 5.84 Å². The number of allylic oxidation sites excluding steroid dienone is 3. The average Bonchev–Trinajstić information content (AvgIpc) is 3.06. The van der Waals surface area contributed by atoms with E-state index in [1.54, 1.807) is 16.7 Å². The molecule has 0 aromatic heterocycles. The van der Waals surface area contributed by atoms with Crippen molar-refractivity contribution >= 4 is 0 Å². The van der Waals surface area contributed by atoms with E-state index in [1.807, 2.05) is 0 Å². The number of rotatable bonds is 5. The highest BCUT2D eigenvalue weighted by molar-refractivity contribution is 5.39. The second-order valence-corrected chi connectivity index (χ2v) is 5.72. The second kappa shape index (κ2) is 6.98. The molecular formula is C16H28N2. The van der Waals surface area contributed by atoms with Crippen LogP contribution in [0.1, 0.15) is 77.6 Å². The molecule has 102 valence electrons. The molecule has 2 rings (SSSR count). The first-order valence-corrected chi connectivity index (χ1v) is 7.76. The van der Waals surface area contributed by atoms with Crippen LogP contribution in [-0.2, 0) is 0 Å². The largest absolute Gasteiger partial charge is 0.324 e. The summed E-state index contributed by atoms with van der Waals surface area (Å²) in [6, 6.07) is 0. The Hall–Kier alpha value is -0.760. The molecule has 0 atom stereocenters. The molecule has 0 heterocycles. The Balaban J connectivity index is 2.26. The van der Waals surface area contributed by atoms with Gasteiger partial charge < -0.3 is 5.43 Å². The van der Waals surface area contributed by atoms with Crippen LogP contribution in [0.4, 0.5) is 0 Å². The van der Waals surface area contributed by atoms with Gasteiger partial charge in [-0.1, -0.05) is 18.9 Å². The van der Waals surface area contributed by atoms with E-state index in [9.17, 15) is 0 Å². The summed E-state index contributed by atoms with van der Waals surface area (Å²) in [5, 5.41) is 0. The van der Waals surface area contributed by atoms with Gasteiger partial charge in [0.15, 0.2) is 0 Å². The zero-order chi connectivity index (χ0) is 12.8. The molecule has 2 aliphatic rings. The normalized spacial score (nSPS) is 19.4. The van der Waals surface area contributed by atoms with Gasteiger partial charge >= 0.3 is 0 Å². The number of nitrogens with two attached hydrogens (primary N) is 1. The lowest BCUT2D eigenvalue weighted by Crippen LogP contribution is -2.24. The van der Waals surface area contributed by atoms with Gasteiger partial charge in [-0.25, -0.2) is 0 Å². The van der Waals surface area contributed by atoms with Crippen molar-refractivity contribution in [3.8, 4) is 0 Å². The van der Waals surface area contributed by atoms with Crippen LogP contribution in [0.25, 0.3) is 0 Å². The fourth-order valence-electron chi connectivity index (χ4n) is 3.39. The molecule has 0 spiro atoms. The van der Waals surface area contributed by atoms with E-state index in [2.05, 4.69) is 12.3 Å². The van der Waals surface area contributed by atoms with Crippen molar-refractivity contribution in [2.75, 3.05) is 0 Å². The molecule has 0 unspecified atom stereocenters. The third kappa shape index (κ3) is 3.17. The summed E-state index contributed by atoms with van der Waals surface area (Å²) >= 11 is 0. The first-order chi connectivity index (χ1) is 8.86. The minimum absolute atomic E-state index is 1.22. The van der Waals surface area contributed by atoms with Gasteiger partial charge in [0.2, 0.25) is 0 Å². The summed E-state index contributed by atoms with van der Waals surface area (Å²) in [5.74, 6) is 5.85. The molecule has 2 heteroatoms. The predicted octanol–water partition coefficient (Wildman–Crippen LogP) is 4.34. The van der Waals surface area contributed by atoms with Crippen LogP contribution >= 0.6 is 0 Å². The molecule has 0 bridgehead atoms. The Morgan fingerprint density at radius 1 is 1.00 bits per heavy atom. The monoisotopic (exact) mass is 248 g/mol. The third-order valence-corrected chi connectivity index (χ3v) is 4.42. The number of hydrogen-bond acceptors (Lipinski definition) is 2. The van der Waals surface area contributed by atoms with E-state index >= 15 is 0 Å². The molecule has 2 aliphatic carbocycles. The highest BCUT2D eigenvalue weighted by Crippen LogP contribution is 2.36. The van der Waals surface area contributed by atoms with Crippen molar-refractivity contribution in [1.29, 1.82) is 0 Å². The van der Waals surface area contributed by atoms with Crippen molar-refractivity contribution in [2.45, 2.75) is 77.6 Å². The summed E-state index contributed by atoms with van der Waals surface area (Å²) in [5.41, 5.74) is 9.22. The van der Waals surface area contributed by atoms with Crippen LogP contribution in [-0.4, -0.2) is 0 Å². The van der Waals surface area contributed by atoms with Crippen LogP contribution in [0.15, 0.2) is 22.4 Å². The fraction of sp³-hybridized carbons (Fsp3) is 0.750. The first-order valence-electron chi connectivity index (χ1n) is 7.76. The highest BCUT2D eigenvalue weighted by atomic mass is 15.2. The summed E-state index contributed by atoms with van der Waals surface area (Å²) < 4.78 is 0. The van der Waals surface area contributed by atoms with Gasteiger partial charge in [-0.3, -0.25) is 5.84 Å². The van der Waals surface area contributed by atoms with Crippen molar-refractivity contribution < 1.29 is 0 Å². The lowest BCUT2D eigenvalue weighted by atomic mass is 9.95. The minimum atomic E-state index is 1.22. The van der Waals surface area contributed by atoms with E-state index in [-0.39, 0.29) is 0 Å². The predicted molar refractivity (Wildman–Crippen MR) is 77.8 cm³/mol. The minimum Gasteiger partial charge on any atom is -0.324 e. The molecule has 0 radical (unpaired) electrons. The van der Waals surface area contributed by atoms with Gasteiger partial charge in [0, 0.05) is 0 Å². The van der Waals surface area contributed by atoms with Crippen molar-refractivity contribution in [3.05, 3.63) is 22.4 Å². The summed E-state index contributed by atoms with van der Waals surface area (Å²) in [6.45, 7) is 2.27. The smallest absolute Gasteiger partial charge is 0.0508 e. The van der Waals surface area contributed by atoms with E-state index in [4.69, 9.17) is 5.84 Å². The van der Waals surface area contributed by atoms with Crippen LogP contribution in [0.5, 0.6) is 0 Å². The molecule has 2 fully saturated rings. The first kappa shape index (κ1) is 13.7. The Kier molecular flexibility index (Phi) is 5.30. The van der Waals surface area contributed by atoms with Gasteiger partial charge in [-0.15, -0.1) is 0 Å². The lowest BCUT2D eigenvalue weighted by Gasteiger charge is -2.18. The Morgan fingerprint density at radius 2 is 1.56 bits per heavy atom. The van der Waals surface area contributed by atoms with Gasteiger partial charge in [0.1, 0.15) is 0 Å². The van der Waals surface area contributed by atoms with Crippen molar-refractivity contribution in [1.82, 2.24) is 5.43 Å². The van der Waals surface area contributed by atoms with Gasteiger partial charge in [0.25, 0.3) is 0 Å². The number of hydrogen-bond donors (Lipinski definition) is 2.